The standard InChI is InChI=1S/C18H24O3/c1-13(2)15(4)6-5-14(3)11-12-21-17-9-7-16(8-10-17)18(19)20/h7-11H,5-6,12H2,1-4H3,(H,19,20). The van der Waals surface area contributed by atoms with Gasteiger partial charge in [0.2, 0.25) is 0 Å². The molecule has 0 amide bonds. The minimum absolute atomic E-state index is 0.270. The van der Waals surface area contributed by atoms with E-state index in [1.54, 1.807) is 24.3 Å². The second-order valence-electron chi connectivity index (χ2n) is 5.47. The Balaban J connectivity index is 2.43. The van der Waals surface area contributed by atoms with E-state index in [9.17, 15) is 4.79 Å². The molecule has 1 aromatic carbocycles. The van der Waals surface area contributed by atoms with Crippen molar-refractivity contribution in [3.8, 4) is 5.75 Å². The Kier molecular flexibility index (Phi) is 6.73. The van der Waals surface area contributed by atoms with Crippen molar-refractivity contribution in [2.75, 3.05) is 6.61 Å². The van der Waals surface area contributed by atoms with Crippen molar-refractivity contribution in [2.45, 2.75) is 40.5 Å². The van der Waals surface area contributed by atoms with Crippen molar-refractivity contribution >= 4 is 5.97 Å². The van der Waals surface area contributed by atoms with Gasteiger partial charge in [0.15, 0.2) is 0 Å². The molecule has 0 aliphatic rings. The molecule has 1 N–H and O–H groups in total. The maximum atomic E-state index is 10.7. The Bertz CT molecular complexity index is 532. The third-order valence-corrected chi connectivity index (χ3v) is 3.53. The molecule has 0 saturated heterocycles. The molecule has 0 spiro atoms. The Morgan fingerprint density at radius 3 is 2.24 bits per heavy atom. The van der Waals surface area contributed by atoms with Gasteiger partial charge in [0.1, 0.15) is 12.4 Å². The second-order valence-corrected chi connectivity index (χ2v) is 5.47. The molecule has 114 valence electrons. The van der Waals surface area contributed by atoms with Crippen LogP contribution in [0.5, 0.6) is 5.75 Å². The molecule has 0 aliphatic heterocycles. The van der Waals surface area contributed by atoms with Gasteiger partial charge < -0.3 is 9.84 Å². The largest absolute Gasteiger partial charge is 0.490 e. The number of hydrogen-bond acceptors (Lipinski definition) is 2. The summed E-state index contributed by atoms with van der Waals surface area (Å²) in [6, 6.07) is 6.46. The van der Waals surface area contributed by atoms with E-state index in [-0.39, 0.29) is 5.56 Å². The van der Waals surface area contributed by atoms with Crippen molar-refractivity contribution in [2.24, 2.45) is 0 Å². The fraction of sp³-hybridized carbons (Fsp3) is 0.389. The van der Waals surface area contributed by atoms with Gasteiger partial charge in [-0.1, -0.05) is 16.7 Å². The van der Waals surface area contributed by atoms with Crippen molar-refractivity contribution < 1.29 is 14.6 Å². The number of ether oxygens (including phenoxy) is 1. The average molecular weight is 288 g/mol. The molecule has 21 heavy (non-hydrogen) atoms. The van der Waals surface area contributed by atoms with Crippen LogP contribution in [-0.2, 0) is 0 Å². The Hall–Kier alpha value is -2.03. The number of carboxylic acid groups (broad SMARTS) is 1. The first-order valence-electron chi connectivity index (χ1n) is 7.15. The molecule has 0 bridgehead atoms. The molecule has 0 aromatic heterocycles. The summed E-state index contributed by atoms with van der Waals surface area (Å²) in [6.45, 7) is 9.06. The van der Waals surface area contributed by atoms with Crippen LogP contribution in [0.25, 0.3) is 0 Å². The molecule has 0 heterocycles. The van der Waals surface area contributed by atoms with E-state index in [1.807, 2.05) is 0 Å². The summed E-state index contributed by atoms with van der Waals surface area (Å²) in [5.41, 5.74) is 4.40. The van der Waals surface area contributed by atoms with E-state index in [0.717, 1.165) is 12.8 Å². The van der Waals surface area contributed by atoms with E-state index >= 15 is 0 Å². The van der Waals surface area contributed by atoms with E-state index in [2.05, 4.69) is 33.8 Å². The molecule has 0 unspecified atom stereocenters. The van der Waals surface area contributed by atoms with Crippen LogP contribution in [0.15, 0.2) is 47.1 Å². The van der Waals surface area contributed by atoms with Gasteiger partial charge in [-0.15, -0.1) is 0 Å². The number of aromatic carboxylic acids is 1. The number of allylic oxidation sites excluding steroid dienone is 3. The van der Waals surface area contributed by atoms with E-state index < -0.39 is 5.97 Å². The molecule has 0 radical (unpaired) electrons. The molecule has 0 atom stereocenters. The molecule has 3 nitrogen and oxygen atoms in total. The normalized spacial score (nSPS) is 11.1. The van der Waals surface area contributed by atoms with Crippen molar-refractivity contribution in [1.29, 1.82) is 0 Å². The first-order chi connectivity index (χ1) is 9.90. The molecule has 1 rings (SSSR count). The number of benzene rings is 1. The summed E-state index contributed by atoms with van der Waals surface area (Å²) in [6.07, 6.45) is 4.19. The lowest BCUT2D eigenvalue weighted by Crippen LogP contribution is -1.98. The number of carbonyl (C=O) groups is 1. The van der Waals surface area contributed by atoms with Crippen LogP contribution in [0.1, 0.15) is 50.9 Å². The Labute approximate surface area is 127 Å². The number of hydrogen-bond donors (Lipinski definition) is 1. The molecule has 0 fully saturated rings. The van der Waals surface area contributed by atoms with Gasteiger partial charge in [-0.3, -0.25) is 0 Å². The van der Waals surface area contributed by atoms with Gasteiger partial charge in [0.25, 0.3) is 0 Å². The van der Waals surface area contributed by atoms with Gasteiger partial charge >= 0.3 is 5.97 Å². The molecule has 1 aromatic rings. The monoisotopic (exact) mass is 288 g/mol. The Morgan fingerprint density at radius 2 is 1.71 bits per heavy atom. The zero-order chi connectivity index (χ0) is 15.8. The molecule has 0 saturated carbocycles. The third kappa shape index (κ3) is 6.30. The second kappa shape index (κ2) is 8.30. The first-order valence-corrected chi connectivity index (χ1v) is 7.15. The highest BCUT2D eigenvalue weighted by Crippen LogP contribution is 2.15. The quantitative estimate of drug-likeness (QED) is 0.730. The van der Waals surface area contributed by atoms with Gasteiger partial charge in [0.05, 0.1) is 5.56 Å². The van der Waals surface area contributed by atoms with Crippen LogP contribution < -0.4 is 4.74 Å². The van der Waals surface area contributed by atoms with E-state index in [4.69, 9.17) is 9.84 Å². The summed E-state index contributed by atoms with van der Waals surface area (Å²) in [5.74, 6) is -0.239. The van der Waals surface area contributed by atoms with E-state index in [1.165, 1.54) is 16.7 Å². The van der Waals surface area contributed by atoms with Crippen molar-refractivity contribution in [3.05, 3.63) is 52.6 Å². The summed E-state index contributed by atoms with van der Waals surface area (Å²) in [4.78, 5) is 10.7. The van der Waals surface area contributed by atoms with Crippen molar-refractivity contribution in [3.63, 3.8) is 0 Å². The number of carboxylic acids is 1. The molecule has 0 aliphatic carbocycles. The highest BCUT2D eigenvalue weighted by Gasteiger charge is 2.01. The predicted molar refractivity (Wildman–Crippen MR) is 85.9 cm³/mol. The summed E-state index contributed by atoms with van der Waals surface area (Å²) < 4.78 is 5.58. The smallest absolute Gasteiger partial charge is 0.335 e. The molecular weight excluding hydrogens is 264 g/mol. The fourth-order valence-corrected chi connectivity index (χ4v) is 1.71. The maximum Gasteiger partial charge on any atom is 0.335 e. The minimum atomic E-state index is -0.924. The average Bonchev–Trinajstić information content (AvgIpc) is 2.45. The lowest BCUT2D eigenvalue weighted by atomic mass is 10.0. The SMILES string of the molecule is CC(=CCOc1ccc(C(=O)O)cc1)CCC(C)=C(C)C. The summed E-state index contributed by atoms with van der Waals surface area (Å²) in [5, 5.41) is 8.81. The fourth-order valence-electron chi connectivity index (χ4n) is 1.71. The van der Waals surface area contributed by atoms with Crippen LogP contribution in [0.3, 0.4) is 0 Å². The molecule has 3 heteroatoms. The summed E-state index contributed by atoms with van der Waals surface area (Å²) in [7, 11) is 0. The van der Waals surface area contributed by atoms with Gasteiger partial charge in [-0.25, -0.2) is 4.79 Å². The van der Waals surface area contributed by atoms with E-state index in [0.29, 0.717) is 12.4 Å². The third-order valence-electron chi connectivity index (χ3n) is 3.53. The Morgan fingerprint density at radius 1 is 1.10 bits per heavy atom. The first kappa shape index (κ1) is 17.0. The zero-order valence-electron chi connectivity index (χ0n) is 13.3. The molecular formula is C18H24O3. The maximum absolute atomic E-state index is 10.7. The highest BCUT2D eigenvalue weighted by atomic mass is 16.5. The van der Waals surface area contributed by atoms with Gasteiger partial charge in [-0.2, -0.15) is 0 Å². The van der Waals surface area contributed by atoms with Crippen LogP contribution in [0.2, 0.25) is 0 Å². The zero-order valence-corrected chi connectivity index (χ0v) is 13.3. The van der Waals surface area contributed by atoms with Gasteiger partial charge in [-0.05, 0) is 70.9 Å². The lowest BCUT2D eigenvalue weighted by Gasteiger charge is -2.06. The predicted octanol–water partition coefficient (Wildman–Crippen LogP) is 4.85. The highest BCUT2D eigenvalue weighted by molar-refractivity contribution is 5.87. The minimum Gasteiger partial charge on any atom is -0.490 e. The van der Waals surface area contributed by atoms with Crippen LogP contribution in [0, 0.1) is 0 Å². The van der Waals surface area contributed by atoms with Crippen LogP contribution >= 0.6 is 0 Å². The van der Waals surface area contributed by atoms with Crippen molar-refractivity contribution in [1.82, 2.24) is 0 Å². The van der Waals surface area contributed by atoms with Gasteiger partial charge in [0, 0.05) is 0 Å². The summed E-state index contributed by atoms with van der Waals surface area (Å²) >= 11 is 0. The number of rotatable bonds is 7. The van der Waals surface area contributed by atoms with Crippen LogP contribution in [-0.4, -0.2) is 17.7 Å². The lowest BCUT2D eigenvalue weighted by molar-refractivity contribution is 0.0697. The topological polar surface area (TPSA) is 46.5 Å². The van der Waals surface area contributed by atoms with Crippen LogP contribution in [0.4, 0.5) is 0 Å².